The number of aliphatic carboxylic acids is 1. The van der Waals surface area contributed by atoms with E-state index in [9.17, 15) is 9.90 Å². The minimum atomic E-state index is -1.16. The van der Waals surface area contributed by atoms with Crippen LogP contribution in [0.2, 0.25) is 15.1 Å². The van der Waals surface area contributed by atoms with E-state index < -0.39 is 11.4 Å². The minimum Gasteiger partial charge on any atom is -0.550 e. The van der Waals surface area contributed by atoms with Gasteiger partial charge in [0.1, 0.15) is 0 Å². The van der Waals surface area contributed by atoms with E-state index >= 15 is 0 Å². The summed E-state index contributed by atoms with van der Waals surface area (Å²) in [5.41, 5.74) is 1.40. The van der Waals surface area contributed by atoms with E-state index in [1.54, 1.807) is 36.4 Å². The summed E-state index contributed by atoms with van der Waals surface area (Å²) in [6, 6.07) is 21.4. The van der Waals surface area contributed by atoms with Gasteiger partial charge in [-0.3, -0.25) is 0 Å². The Kier molecular flexibility index (Phi) is 7.82. The summed E-state index contributed by atoms with van der Waals surface area (Å²) in [5, 5.41) is 13.5. The molecule has 0 saturated heterocycles. The molecule has 0 N–H and O–H groups in total. The number of halogens is 3. The molecule has 3 aromatic carbocycles. The Labute approximate surface area is 195 Å². The zero-order valence-corrected chi connectivity index (χ0v) is 18.9. The van der Waals surface area contributed by atoms with Gasteiger partial charge in [-0.05, 0) is 53.1 Å². The van der Waals surface area contributed by atoms with Crippen molar-refractivity contribution in [3.8, 4) is 0 Å². The third kappa shape index (κ3) is 4.89. The fourth-order valence-electron chi connectivity index (χ4n) is 3.23. The number of rotatable bonds is 5. The molecule has 27 heavy (non-hydrogen) atoms. The van der Waals surface area contributed by atoms with Crippen molar-refractivity contribution in [1.29, 1.82) is 0 Å². The molecule has 0 heterocycles. The second-order valence-electron chi connectivity index (χ2n) is 5.97. The van der Waals surface area contributed by atoms with Crippen molar-refractivity contribution in [1.82, 2.24) is 0 Å². The molecule has 0 bridgehead atoms. The van der Waals surface area contributed by atoms with Gasteiger partial charge in [0.2, 0.25) is 0 Å². The molecule has 6 heteroatoms. The van der Waals surface area contributed by atoms with Crippen LogP contribution >= 0.6 is 34.8 Å². The fraction of sp³-hybridized carbons (Fsp3) is 0.0952. The van der Waals surface area contributed by atoms with E-state index in [4.69, 9.17) is 34.8 Å². The van der Waals surface area contributed by atoms with Crippen LogP contribution in [-0.2, 0) is 10.2 Å². The van der Waals surface area contributed by atoms with Gasteiger partial charge in [0, 0.05) is 27.5 Å². The molecule has 0 aliphatic rings. The van der Waals surface area contributed by atoms with Gasteiger partial charge in [-0.15, -0.1) is 0 Å². The molecule has 0 unspecified atom stereocenters. The number of hydrogen-bond donors (Lipinski definition) is 0. The van der Waals surface area contributed by atoms with Crippen molar-refractivity contribution in [2.24, 2.45) is 0 Å². The van der Waals surface area contributed by atoms with Gasteiger partial charge in [0.15, 0.2) is 0 Å². The predicted molar refractivity (Wildman–Crippen MR) is 104 cm³/mol. The van der Waals surface area contributed by atoms with E-state index in [1.165, 1.54) is 0 Å². The van der Waals surface area contributed by atoms with Crippen LogP contribution in [0.5, 0.6) is 0 Å². The van der Waals surface area contributed by atoms with Crippen LogP contribution in [0.25, 0.3) is 0 Å². The van der Waals surface area contributed by atoms with Crippen LogP contribution in [0.1, 0.15) is 23.1 Å². The van der Waals surface area contributed by atoms with Gasteiger partial charge < -0.3 is 9.90 Å². The Morgan fingerprint density at radius 1 is 0.667 bits per heavy atom. The average molecular weight is 428 g/mol. The standard InChI is InChI=1S/C21H15Cl3O2.Na/c22-17-7-1-14(2-8-17)21(13-20(25)26,15-3-9-18(23)10-4-15)16-5-11-19(24)12-6-16;/h1-12H,13H2,(H,25,26);/q;+1/p-1. The van der Waals surface area contributed by atoms with Crippen LogP contribution in [0.4, 0.5) is 0 Å². The molecular formula is C21H14Cl3NaO2. The SMILES string of the molecule is O=C([O-])CC(c1ccc(Cl)cc1)(c1ccc(Cl)cc1)c1ccc(Cl)cc1.[Na+]. The third-order valence-corrected chi connectivity index (χ3v) is 5.18. The van der Waals surface area contributed by atoms with Crippen molar-refractivity contribution < 1.29 is 39.5 Å². The van der Waals surface area contributed by atoms with E-state index in [0.717, 1.165) is 16.7 Å². The molecule has 3 rings (SSSR count). The normalized spacial score (nSPS) is 10.9. The zero-order chi connectivity index (χ0) is 18.7. The fourth-order valence-corrected chi connectivity index (χ4v) is 3.60. The van der Waals surface area contributed by atoms with Crippen LogP contribution < -0.4 is 34.7 Å². The average Bonchev–Trinajstić information content (AvgIpc) is 2.62. The number of benzene rings is 3. The van der Waals surface area contributed by atoms with Gasteiger partial charge in [-0.2, -0.15) is 0 Å². The van der Waals surface area contributed by atoms with Crippen LogP contribution in [0.3, 0.4) is 0 Å². The number of carboxylic acids is 1. The second kappa shape index (κ2) is 9.47. The zero-order valence-electron chi connectivity index (χ0n) is 14.6. The number of carboxylic acid groups (broad SMARTS) is 1. The molecule has 0 amide bonds. The first-order valence-corrected chi connectivity index (χ1v) is 9.03. The first-order valence-electron chi connectivity index (χ1n) is 7.90. The van der Waals surface area contributed by atoms with E-state index in [-0.39, 0.29) is 36.0 Å². The Morgan fingerprint density at radius 2 is 0.926 bits per heavy atom. The summed E-state index contributed by atoms with van der Waals surface area (Å²) in [4.78, 5) is 11.7. The van der Waals surface area contributed by atoms with E-state index in [1.807, 2.05) is 36.4 Å². The van der Waals surface area contributed by atoms with Crippen molar-refractivity contribution in [3.63, 3.8) is 0 Å². The number of hydrogen-bond acceptors (Lipinski definition) is 2. The van der Waals surface area contributed by atoms with Crippen LogP contribution in [0, 0.1) is 0 Å². The molecular weight excluding hydrogens is 414 g/mol. The maximum absolute atomic E-state index is 11.7. The molecule has 0 saturated carbocycles. The van der Waals surface area contributed by atoms with Gasteiger partial charge in [-0.1, -0.05) is 71.2 Å². The smallest absolute Gasteiger partial charge is 0.550 e. The molecule has 132 valence electrons. The summed E-state index contributed by atoms with van der Waals surface area (Å²) in [5.74, 6) is -1.16. The number of carbonyl (C=O) groups is 1. The van der Waals surface area contributed by atoms with Gasteiger partial charge in [-0.25, -0.2) is 0 Å². The topological polar surface area (TPSA) is 40.1 Å². The Balaban J connectivity index is 0.00000261. The maximum Gasteiger partial charge on any atom is 1.00 e. The molecule has 0 radical (unpaired) electrons. The Morgan fingerprint density at radius 3 is 1.15 bits per heavy atom. The number of carbonyl (C=O) groups excluding carboxylic acids is 1. The summed E-state index contributed by atoms with van der Waals surface area (Å²) >= 11 is 18.1. The quantitative estimate of drug-likeness (QED) is 0.462. The molecule has 0 fully saturated rings. The van der Waals surface area contributed by atoms with Crippen molar-refractivity contribution in [3.05, 3.63) is 105 Å². The predicted octanol–water partition coefficient (Wildman–Crippen LogP) is 2.13. The van der Waals surface area contributed by atoms with Crippen LogP contribution in [-0.4, -0.2) is 5.97 Å². The monoisotopic (exact) mass is 426 g/mol. The second-order valence-corrected chi connectivity index (χ2v) is 7.28. The van der Waals surface area contributed by atoms with Crippen LogP contribution in [0.15, 0.2) is 72.8 Å². The summed E-state index contributed by atoms with van der Waals surface area (Å²) in [6.45, 7) is 0. The molecule has 0 aliphatic carbocycles. The molecule has 0 spiro atoms. The van der Waals surface area contributed by atoms with E-state index in [0.29, 0.717) is 15.1 Å². The Hall–Kier alpha value is -1.000. The Bertz CT molecular complexity index is 797. The maximum atomic E-state index is 11.7. The molecule has 2 nitrogen and oxygen atoms in total. The first-order chi connectivity index (χ1) is 12.4. The molecule has 3 aromatic rings. The minimum absolute atomic E-state index is 0. The van der Waals surface area contributed by atoms with E-state index in [2.05, 4.69) is 0 Å². The largest absolute Gasteiger partial charge is 1.00 e. The van der Waals surface area contributed by atoms with Crippen molar-refractivity contribution in [2.75, 3.05) is 0 Å². The van der Waals surface area contributed by atoms with Crippen molar-refractivity contribution in [2.45, 2.75) is 11.8 Å². The van der Waals surface area contributed by atoms with Gasteiger partial charge in [0.25, 0.3) is 0 Å². The molecule has 0 atom stereocenters. The summed E-state index contributed by atoms with van der Waals surface area (Å²) < 4.78 is 0. The van der Waals surface area contributed by atoms with Crippen molar-refractivity contribution >= 4 is 40.8 Å². The molecule has 0 aliphatic heterocycles. The van der Waals surface area contributed by atoms with Gasteiger partial charge in [0.05, 0.1) is 5.41 Å². The first kappa shape index (κ1) is 22.3. The summed E-state index contributed by atoms with van der Waals surface area (Å²) in [7, 11) is 0. The summed E-state index contributed by atoms with van der Waals surface area (Å²) in [6.07, 6.45) is -0.238. The third-order valence-electron chi connectivity index (χ3n) is 4.42. The molecule has 0 aromatic heterocycles. The van der Waals surface area contributed by atoms with Gasteiger partial charge >= 0.3 is 29.6 Å².